The van der Waals surface area contributed by atoms with E-state index in [2.05, 4.69) is 15.6 Å². The fraction of sp³-hybridized carbons (Fsp3) is 0.400. The van der Waals surface area contributed by atoms with Crippen LogP contribution in [0.25, 0.3) is 11.6 Å². The van der Waals surface area contributed by atoms with Crippen LogP contribution in [0.1, 0.15) is 75.7 Å². The predicted octanol–water partition coefficient (Wildman–Crippen LogP) is 4.13. The number of hydrogen-bond acceptors (Lipinski definition) is 12. The van der Waals surface area contributed by atoms with Gasteiger partial charge < -0.3 is 44.3 Å². The van der Waals surface area contributed by atoms with E-state index in [0.717, 1.165) is 35.3 Å². The lowest BCUT2D eigenvalue weighted by Crippen LogP contribution is -2.33. The average Bonchev–Trinajstić information content (AvgIpc) is 3.67. The van der Waals surface area contributed by atoms with E-state index in [1.807, 2.05) is 74.4 Å². The summed E-state index contributed by atoms with van der Waals surface area (Å²) in [6.45, 7) is 1.56. The summed E-state index contributed by atoms with van der Waals surface area (Å²) < 4.78 is 35.4. The van der Waals surface area contributed by atoms with Crippen LogP contribution in [0.2, 0.25) is 0 Å². The van der Waals surface area contributed by atoms with Gasteiger partial charge in [-0.05, 0) is 75.0 Å². The van der Waals surface area contributed by atoms with E-state index in [-0.39, 0.29) is 36.1 Å². The second-order valence-electron chi connectivity index (χ2n) is 16.2. The van der Waals surface area contributed by atoms with E-state index < -0.39 is 49.2 Å². The van der Waals surface area contributed by atoms with Crippen molar-refractivity contribution in [3.8, 4) is 5.75 Å². The number of rotatable bonds is 19. The van der Waals surface area contributed by atoms with Gasteiger partial charge in [0, 0.05) is 99.7 Å². The number of carbonyl (C=O) groups excluding carboxylic acids is 2. The number of unbranched alkanes of at least 4 members (excludes halogenated alkanes) is 3. The number of aromatic carboxylic acids is 1. The molecule has 3 aromatic rings. The number of amides is 2. The SMILES string of the molecule is COC1C[C@H](n2cc(/C=C/C(=O)NCCCCCCNC(=O)c3ccc(C(=O)O)c(C4=C5C=CC(N(C)C)C=C5Oc5cc(N(C)C)ccc54)c3)c(=O)[nH]c2=O)O[C@@H]1COP(C)(=O)O. The molecular weight excluding hydrogens is 847 g/mol. The smallest absolute Gasteiger partial charge is 0.336 e. The molecule has 2 amide bonds. The van der Waals surface area contributed by atoms with Crippen LogP contribution >= 0.6 is 7.60 Å². The van der Waals surface area contributed by atoms with Gasteiger partial charge in [0.1, 0.15) is 23.8 Å². The predicted molar refractivity (Wildman–Crippen MR) is 241 cm³/mol. The number of benzene rings is 2. The van der Waals surface area contributed by atoms with Crippen molar-refractivity contribution in [3.63, 3.8) is 0 Å². The zero-order valence-electron chi connectivity index (χ0n) is 36.7. The summed E-state index contributed by atoms with van der Waals surface area (Å²) in [7, 11) is 5.44. The number of carboxylic acids is 1. The Hall–Kier alpha value is -5.88. The van der Waals surface area contributed by atoms with Gasteiger partial charge in [-0.25, -0.2) is 9.59 Å². The monoisotopic (exact) mass is 902 g/mol. The van der Waals surface area contributed by atoms with Gasteiger partial charge in [-0.3, -0.25) is 33.4 Å². The summed E-state index contributed by atoms with van der Waals surface area (Å²) in [4.78, 5) is 79.5. The maximum Gasteiger partial charge on any atom is 0.336 e. The highest BCUT2D eigenvalue weighted by Crippen LogP contribution is 2.46. The number of nitrogens with zero attached hydrogens (tertiary/aromatic N) is 3. The Balaban J connectivity index is 1.01. The van der Waals surface area contributed by atoms with Crippen molar-refractivity contribution in [1.29, 1.82) is 0 Å². The number of nitrogens with one attached hydrogen (secondary N) is 3. The second-order valence-corrected chi connectivity index (χ2v) is 18.0. The summed E-state index contributed by atoms with van der Waals surface area (Å²) in [6.07, 6.45) is 10.6. The first-order chi connectivity index (χ1) is 30.4. The van der Waals surface area contributed by atoms with Crippen molar-refractivity contribution in [2.75, 3.05) is 66.6 Å². The van der Waals surface area contributed by atoms with Crippen LogP contribution < -0.4 is 31.5 Å². The van der Waals surface area contributed by atoms with Gasteiger partial charge in [0.05, 0.1) is 23.8 Å². The molecule has 2 aromatic carbocycles. The molecule has 5 atom stereocenters. The lowest BCUT2D eigenvalue weighted by Gasteiger charge is -2.31. The molecule has 19 heteroatoms. The largest absolute Gasteiger partial charge is 0.478 e. The van der Waals surface area contributed by atoms with Crippen molar-refractivity contribution < 1.29 is 47.7 Å². The number of methoxy groups -OCH3 is 1. The molecule has 2 aliphatic heterocycles. The van der Waals surface area contributed by atoms with Crippen LogP contribution in [0.3, 0.4) is 0 Å². The quantitative estimate of drug-likeness (QED) is 0.0648. The fourth-order valence-corrected chi connectivity index (χ4v) is 7.99. The minimum absolute atomic E-state index is 0.0319. The number of aromatic amines is 1. The first-order valence-electron chi connectivity index (χ1n) is 20.8. The van der Waals surface area contributed by atoms with E-state index >= 15 is 0 Å². The van der Waals surface area contributed by atoms with Crippen LogP contribution in [-0.2, 0) is 23.4 Å². The van der Waals surface area contributed by atoms with E-state index in [1.165, 1.54) is 37.6 Å². The molecule has 1 saturated heterocycles. The lowest BCUT2D eigenvalue weighted by molar-refractivity contribution is -0.116. The minimum atomic E-state index is -3.78. The Labute approximate surface area is 370 Å². The molecule has 1 aliphatic carbocycles. The number of H-pyrrole nitrogens is 1. The molecule has 0 saturated carbocycles. The maximum absolute atomic E-state index is 13.5. The third kappa shape index (κ3) is 11.6. The number of allylic oxidation sites excluding steroid dienone is 1. The molecule has 18 nitrogen and oxygen atoms in total. The molecule has 64 heavy (non-hydrogen) atoms. The summed E-state index contributed by atoms with van der Waals surface area (Å²) >= 11 is 0. The summed E-state index contributed by atoms with van der Waals surface area (Å²) in [5, 5.41) is 16.0. The van der Waals surface area contributed by atoms with Crippen molar-refractivity contribution in [1.82, 2.24) is 25.1 Å². The number of likely N-dealkylation sites (N-methyl/N-ethyl adjacent to an activating group) is 1. The number of anilines is 1. The molecule has 6 rings (SSSR count). The van der Waals surface area contributed by atoms with Gasteiger partial charge in [0.15, 0.2) is 0 Å². The lowest BCUT2D eigenvalue weighted by atomic mass is 9.84. The van der Waals surface area contributed by atoms with Crippen LogP contribution in [-0.4, -0.2) is 122 Å². The van der Waals surface area contributed by atoms with Gasteiger partial charge >= 0.3 is 19.3 Å². The van der Waals surface area contributed by atoms with Crippen molar-refractivity contribution >= 4 is 42.7 Å². The summed E-state index contributed by atoms with van der Waals surface area (Å²) in [6, 6.07) is 10.4. The van der Waals surface area contributed by atoms with Crippen LogP contribution in [0.15, 0.2) is 87.8 Å². The van der Waals surface area contributed by atoms with Crippen LogP contribution in [0.5, 0.6) is 5.75 Å². The van der Waals surface area contributed by atoms with Gasteiger partial charge in [0.25, 0.3) is 11.5 Å². The van der Waals surface area contributed by atoms with Crippen molar-refractivity contribution in [2.45, 2.75) is 56.6 Å². The van der Waals surface area contributed by atoms with E-state index in [0.29, 0.717) is 59.7 Å². The number of ether oxygens (including phenoxy) is 3. The Morgan fingerprint density at radius 1 is 1.02 bits per heavy atom. The maximum atomic E-state index is 13.5. The zero-order valence-corrected chi connectivity index (χ0v) is 37.6. The van der Waals surface area contributed by atoms with E-state index in [4.69, 9.17) is 18.7 Å². The fourth-order valence-electron chi connectivity index (χ4n) is 7.56. The molecule has 342 valence electrons. The van der Waals surface area contributed by atoms with Crippen molar-refractivity contribution in [2.24, 2.45) is 0 Å². The van der Waals surface area contributed by atoms with Gasteiger partial charge in [-0.1, -0.05) is 25.0 Å². The number of carboxylic acid groups (broad SMARTS) is 1. The molecule has 1 aromatic heterocycles. The van der Waals surface area contributed by atoms with Crippen LogP contribution in [0, 0.1) is 0 Å². The second kappa shape index (κ2) is 20.7. The highest BCUT2D eigenvalue weighted by molar-refractivity contribution is 7.51. The standard InChI is InChI=1S/C45H55N6O12P/c1-49(2)29-13-16-32-35(22-29)62-36-23-30(50(3)4)14-17-33(36)41(32)34-21-27(11-15-31(34)44(55)56)42(53)47-20-10-8-7-9-19-46-39(52)18-12-28-25-51(45(57)48-43(28)54)40-24-37(60-5)38(63-40)26-61-64(6,58)59/h11-18,21-23,25,29,37-38,40H,7-10,19-20,24,26H2,1-6H3,(H,46,52)(H,47,53)(H,55,56)(H,58,59)(H,48,54,57)/b18-12+/t29?,37?,38-,40-/m1/s1. The van der Waals surface area contributed by atoms with Crippen molar-refractivity contribution in [3.05, 3.63) is 127 Å². The Bertz CT molecular complexity index is 2550. The third-order valence-corrected chi connectivity index (χ3v) is 11.7. The summed E-state index contributed by atoms with van der Waals surface area (Å²) in [5.41, 5.74) is 2.40. The van der Waals surface area contributed by atoms with E-state index in [9.17, 15) is 38.5 Å². The molecule has 3 unspecified atom stereocenters. The van der Waals surface area contributed by atoms with Gasteiger partial charge in [-0.2, -0.15) is 0 Å². The zero-order chi connectivity index (χ0) is 46.3. The highest BCUT2D eigenvalue weighted by atomic mass is 31.2. The number of carbonyl (C=O) groups is 3. The van der Waals surface area contributed by atoms with Gasteiger partial charge in [0.2, 0.25) is 5.91 Å². The Kier molecular flexibility index (Phi) is 15.4. The molecular formula is C45H55N6O12P. The molecule has 3 aliphatic rings. The molecule has 0 radical (unpaired) electrons. The topological polar surface area (TPSA) is 231 Å². The Morgan fingerprint density at radius 2 is 1.75 bits per heavy atom. The summed E-state index contributed by atoms with van der Waals surface area (Å²) in [5.74, 6) is -0.709. The average molecular weight is 903 g/mol. The first kappa shape index (κ1) is 47.6. The molecule has 5 N–H and O–H groups in total. The number of hydrogen-bond donors (Lipinski definition) is 5. The Morgan fingerprint density at radius 3 is 2.42 bits per heavy atom. The molecule has 3 heterocycles. The number of aromatic nitrogens is 2. The van der Waals surface area contributed by atoms with Gasteiger partial charge in [-0.15, -0.1) is 0 Å². The normalized spacial score (nSPS) is 20.0. The first-order valence-corrected chi connectivity index (χ1v) is 22.9. The van der Waals surface area contributed by atoms with Crippen LogP contribution in [0.4, 0.5) is 5.69 Å². The minimum Gasteiger partial charge on any atom is -0.478 e. The van der Waals surface area contributed by atoms with E-state index in [1.54, 1.807) is 6.07 Å². The molecule has 0 bridgehead atoms. The molecule has 0 spiro atoms. The third-order valence-electron chi connectivity index (χ3n) is 11.0. The number of fused-ring (bicyclic) bond motifs is 2. The molecule has 1 fully saturated rings. The highest BCUT2D eigenvalue weighted by Gasteiger charge is 2.38.